The lowest BCUT2D eigenvalue weighted by molar-refractivity contribution is 0.0000773. The Bertz CT molecular complexity index is 1940. The van der Waals surface area contributed by atoms with Crippen molar-refractivity contribution in [1.82, 2.24) is 4.98 Å². The second-order valence-corrected chi connectivity index (χ2v) is 12.1. The molecule has 50 heavy (non-hydrogen) atoms. The van der Waals surface area contributed by atoms with Gasteiger partial charge in [-0.3, -0.25) is 4.98 Å². The molecule has 5 aromatic carbocycles. The summed E-state index contributed by atoms with van der Waals surface area (Å²) in [5, 5.41) is 0. The minimum absolute atomic E-state index is 0.311. The van der Waals surface area contributed by atoms with Gasteiger partial charge in [0.1, 0.15) is 17.1 Å². The van der Waals surface area contributed by atoms with Gasteiger partial charge in [0.2, 0.25) is 0 Å². The van der Waals surface area contributed by atoms with Gasteiger partial charge in [-0.25, -0.2) is 4.79 Å². The highest BCUT2D eigenvalue weighted by atomic mass is 16.5. The molecule has 0 aliphatic carbocycles. The van der Waals surface area contributed by atoms with E-state index in [1.165, 1.54) is 12.7 Å². The summed E-state index contributed by atoms with van der Waals surface area (Å²) in [6.45, 7) is 0.331. The Balaban J connectivity index is 1.21. The molecule has 252 valence electrons. The highest BCUT2D eigenvalue weighted by molar-refractivity contribution is 5.89. The van der Waals surface area contributed by atoms with Gasteiger partial charge in [0.25, 0.3) is 0 Å². The monoisotopic (exact) mass is 663 g/mol. The van der Waals surface area contributed by atoms with Crippen LogP contribution < -0.4 is 9.47 Å². The van der Waals surface area contributed by atoms with Gasteiger partial charge in [-0.1, -0.05) is 91.0 Å². The molecular formula is C44H41NO5. The van der Waals surface area contributed by atoms with Crippen molar-refractivity contribution in [1.29, 1.82) is 0 Å². The van der Waals surface area contributed by atoms with Crippen LogP contribution in [0, 0.1) is 0 Å². The molecule has 0 aliphatic rings. The van der Waals surface area contributed by atoms with Crippen molar-refractivity contribution in [2.45, 2.75) is 31.5 Å². The largest absolute Gasteiger partial charge is 0.497 e. The van der Waals surface area contributed by atoms with Crippen LogP contribution in [0.25, 0.3) is 11.3 Å². The quantitative estimate of drug-likeness (QED) is 0.0855. The van der Waals surface area contributed by atoms with Gasteiger partial charge >= 0.3 is 5.97 Å². The van der Waals surface area contributed by atoms with E-state index < -0.39 is 5.60 Å². The smallest absolute Gasteiger partial charge is 0.337 e. The number of aryl methyl sites for hydroxylation is 2. The zero-order valence-corrected chi connectivity index (χ0v) is 28.7. The van der Waals surface area contributed by atoms with Gasteiger partial charge in [0, 0.05) is 11.8 Å². The summed E-state index contributed by atoms with van der Waals surface area (Å²) in [6, 6.07) is 46.7. The zero-order chi connectivity index (χ0) is 34.8. The fourth-order valence-corrected chi connectivity index (χ4v) is 6.30. The number of nitrogens with zero attached hydrogens (tertiary/aromatic N) is 1. The molecule has 0 bridgehead atoms. The lowest BCUT2D eigenvalue weighted by atomic mass is 9.80. The highest BCUT2D eigenvalue weighted by Gasteiger charge is 2.38. The van der Waals surface area contributed by atoms with Crippen LogP contribution in [-0.4, -0.2) is 32.3 Å². The summed E-state index contributed by atoms with van der Waals surface area (Å²) in [4.78, 5) is 16.8. The van der Waals surface area contributed by atoms with Gasteiger partial charge in [-0.2, -0.15) is 0 Å². The number of ether oxygens (including phenoxy) is 4. The minimum Gasteiger partial charge on any atom is -0.497 e. The molecule has 6 rings (SSSR count). The third-order valence-electron chi connectivity index (χ3n) is 8.96. The summed E-state index contributed by atoms with van der Waals surface area (Å²) >= 11 is 0. The van der Waals surface area contributed by atoms with E-state index in [-0.39, 0.29) is 5.97 Å². The van der Waals surface area contributed by atoms with Gasteiger partial charge < -0.3 is 18.9 Å². The molecule has 0 N–H and O–H groups in total. The third-order valence-corrected chi connectivity index (χ3v) is 8.96. The van der Waals surface area contributed by atoms with E-state index in [9.17, 15) is 4.79 Å². The van der Waals surface area contributed by atoms with Gasteiger partial charge in [0.05, 0.1) is 39.2 Å². The lowest BCUT2D eigenvalue weighted by Crippen LogP contribution is -2.32. The first-order chi connectivity index (χ1) is 24.5. The van der Waals surface area contributed by atoms with Crippen molar-refractivity contribution in [2.24, 2.45) is 0 Å². The maximum Gasteiger partial charge on any atom is 0.337 e. The molecule has 0 unspecified atom stereocenters. The number of pyridine rings is 1. The molecule has 0 saturated carbocycles. The number of carbonyl (C=O) groups excluding carboxylic acids is 1. The minimum atomic E-state index is -0.909. The predicted molar refractivity (Wildman–Crippen MR) is 197 cm³/mol. The molecule has 0 atom stereocenters. The van der Waals surface area contributed by atoms with Crippen molar-refractivity contribution in [3.05, 3.63) is 185 Å². The SMILES string of the molecule is COC(=O)c1cccc(CCCc2cccc(-c3ccc(COC(c4ccccc4)(c4ccc(OC)cc4)c4ccc(OC)cc4)cn3)c2)c1. The first-order valence-corrected chi connectivity index (χ1v) is 16.7. The van der Waals surface area contributed by atoms with Crippen LogP contribution in [0.4, 0.5) is 0 Å². The Kier molecular flexibility index (Phi) is 11.0. The van der Waals surface area contributed by atoms with Crippen LogP contribution in [0.15, 0.2) is 146 Å². The normalized spacial score (nSPS) is 11.2. The van der Waals surface area contributed by atoms with E-state index in [1.807, 2.05) is 60.8 Å². The Morgan fingerprint density at radius 1 is 0.600 bits per heavy atom. The fourth-order valence-electron chi connectivity index (χ4n) is 6.30. The zero-order valence-electron chi connectivity index (χ0n) is 28.7. The number of esters is 1. The standard InChI is InChI=1S/C44H41NO5/c1-47-40-23-19-38(20-24-40)44(37-16-5-4-6-17-37,39-21-25-41(48-2)26-22-39)50-31-34-18-27-42(45-30-34)35-14-8-12-32(28-35)10-7-11-33-13-9-15-36(29-33)43(46)49-3/h4-6,8-9,12-30H,7,10-11,31H2,1-3H3. The molecule has 1 aromatic heterocycles. The molecule has 6 nitrogen and oxygen atoms in total. The Hall–Kier alpha value is -5.72. The Morgan fingerprint density at radius 3 is 1.78 bits per heavy atom. The van der Waals surface area contributed by atoms with Crippen LogP contribution >= 0.6 is 0 Å². The summed E-state index contributed by atoms with van der Waals surface area (Å²) in [5.41, 5.74) is 7.94. The topological polar surface area (TPSA) is 66.9 Å². The van der Waals surface area contributed by atoms with E-state index in [0.29, 0.717) is 12.2 Å². The highest BCUT2D eigenvalue weighted by Crippen LogP contribution is 2.42. The van der Waals surface area contributed by atoms with Crippen molar-refractivity contribution in [3.63, 3.8) is 0 Å². The van der Waals surface area contributed by atoms with Crippen LogP contribution in [0.3, 0.4) is 0 Å². The average Bonchev–Trinajstić information content (AvgIpc) is 3.19. The Labute approximate surface area is 294 Å². The fraction of sp³-hybridized carbons (Fsp3) is 0.182. The number of carbonyl (C=O) groups is 1. The summed E-state index contributed by atoms with van der Waals surface area (Å²) < 4.78 is 22.9. The molecule has 0 radical (unpaired) electrons. The maximum absolute atomic E-state index is 11.9. The number of hydrogen-bond donors (Lipinski definition) is 0. The van der Waals surface area contributed by atoms with Crippen LogP contribution in [-0.2, 0) is 34.5 Å². The first-order valence-electron chi connectivity index (χ1n) is 16.7. The van der Waals surface area contributed by atoms with Gasteiger partial charge in [0.15, 0.2) is 0 Å². The van der Waals surface area contributed by atoms with E-state index >= 15 is 0 Å². The summed E-state index contributed by atoms with van der Waals surface area (Å²) in [7, 11) is 4.74. The van der Waals surface area contributed by atoms with Gasteiger partial charge in [-0.05, 0) is 101 Å². The summed E-state index contributed by atoms with van der Waals surface area (Å²) in [5.74, 6) is 1.24. The van der Waals surface area contributed by atoms with Crippen LogP contribution in [0.5, 0.6) is 11.5 Å². The van der Waals surface area contributed by atoms with Crippen molar-refractivity contribution >= 4 is 5.97 Å². The van der Waals surface area contributed by atoms with Crippen molar-refractivity contribution in [3.8, 4) is 22.8 Å². The van der Waals surface area contributed by atoms with Gasteiger partial charge in [-0.15, -0.1) is 0 Å². The second kappa shape index (κ2) is 16.1. The van der Waals surface area contributed by atoms with E-state index in [0.717, 1.165) is 69.8 Å². The molecule has 0 saturated heterocycles. The number of aromatic nitrogens is 1. The molecule has 6 aromatic rings. The molecular weight excluding hydrogens is 622 g/mol. The molecule has 0 aliphatic heterocycles. The predicted octanol–water partition coefficient (Wildman–Crippen LogP) is 9.24. The van der Waals surface area contributed by atoms with Crippen LogP contribution in [0.2, 0.25) is 0 Å². The maximum atomic E-state index is 11.9. The third kappa shape index (κ3) is 7.77. The molecule has 6 heteroatoms. The Morgan fingerprint density at radius 2 is 1.20 bits per heavy atom. The molecule has 0 amide bonds. The number of rotatable bonds is 14. The van der Waals surface area contributed by atoms with Crippen molar-refractivity contribution in [2.75, 3.05) is 21.3 Å². The first kappa shape index (κ1) is 34.2. The average molecular weight is 664 g/mol. The number of hydrogen-bond acceptors (Lipinski definition) is 6. The summed E-state index contributed by atoms with van der Waals surface area (Å²) in [6.07, 6.45) is 4.65. The number of benzene rings is 5. The van der Waals surface area contributed by atoms with E-state index in [1.54, 1.807) is 20.3 Å². The van der Waals surface area contributed by atoms with Crippen molar-refractivity contribution < 1.29 is 23.7 Å². The number of methoxy groups -OCH3 is 3. The van der Waals surface area contributed by atoms with E-state index in [2.05, 4.69) is 78.9 Å². The molecule has 0 spiro atoms. The lowest BCUT2D eigenvalue weighted by Gasteiger charge is -2.36. The molecule has 0 fully saturated rings. The van der Waals surface area contributed by atoms with E-state index in [4.69, 9.17) is 23.9 Å². The van der Waals surface area contributed by atoms with Crippen LogP contribution in [0.1, 0.15) is 50.2 Å². The molecule has 1 heterocycles. The second-order valence-electron chi connectivity index (χ2n) is 12.1.